The van der Waals surface area contributed by atoms with Gasteiger partial charge in [-0.3, -0.25) is 14.5 Å². The van der Waals surface area contributed by atoms with E-state index in [2.05, 4.69) is 26.1 Å². The molecule has 4 rings (SSSR count). The summed E-state index contributed by atoms with van der Waals surface area (Å²) in [6.45, 7) is 3.15. The molecular formula is C23H21BrF3N3O2S2. The third-order valence-corrected chi connectivity index (χ3v) is 8.30. The number of rotatable bonds is 6. The van der Waals surface area contributed by atoms with Crippen LogP contribution in [0, 0.1) is 0 Å². The minimum atomic E-state index is -4.47. The average Bonchev–Trinajstić information content (AvgIpc) is 3.46. The van der Waals surface area contributed by atoms with Crippen LogP contribution in [0.25, 0.3) is 0 Å². The van der Waals surface area contributed by atoms with Crippen molar-refractivity contribution in [1.29, 1.82) is 0 Å². The number of hydrogen-bond acceptors (Lipinski definition) is 5. The van der Waals surface area contributed by atoms with Crippen LogP contribution in [-0.2, 0) is 19.3 Å². The van der Waals surface area contributed by atoms with E-state index < -0.39 is 17.6 Å². The molecule has 0 spiro atoms. The Labute approximate surface area is 211 Å². The van der Waals surface area contributed by atoms with E-state index in [0.717, 1.165) is 28.5 Å². The molecule has 0 aliphatic carbocycles. The van der Waals surface area contributed by atoms with E-state index in [1.54, 1.807) is 6.07 Å². The van der Waals surface area contributed by atoms with Crippen molar-refractivity contribution in [2.45, 2.75) is 19.3 Å². The van der Waals surface area contributed by atoms with Gasteiger partial charge in [0.2, 0.25) is 0 Å². The Kier molecular flexibility index (Phi) is 7.76. The lowest BCUT2D eigenvalue weighted by molar-refractivity contribution is -0.138. The second-order valence-corrected chi connectivity index (χ2v) is 10.6. The number of carbonyl (C=O) groups excluding carboxylic acids is 2. The summed E-state index contributed by atoms with van der Waals surface area (Å²) in [5.41, 5.74) is -0.0293. The van der Waals surface area contributed by atoms with E-state index >= 15 is 0 Å². The molecule has 180 valence electrons. The molecule has 11 heteroatoms. The highest BCUT2D eigenvalue weighted by molar-refractivity contribution is 9.10. The second kappa shape index (κ2) is 10.6. The summed E-state index contributed by atoms with van der Waals surface area (Å²) in [7, 11) is 0. The molecule has 1 aliphatic rings. The zero-order valence-electron chi connectivity index (χ0n) is 17.9. The van der Waals surface area contributed by atoms with E-state index in [4.69, 9.17) is 0 Å². The highest BCUT2D eigenvalue weighted by Gasteiger charge is 2.33. The number of benzene rings is 1. The molecule has 0 atom stereocenters. The average molecular weight is 572 g/mol. The Morgan fingerprint density at radius 1 is 1.03 bits per heavy atom. The summed E-state index contributed by atoms with van der Waals surface area (Å²) in [6.07, 6.45) is -4.47. The van der Waals surface area contributed by atoms with Crippen molar-refractivity contribution < 1.29 is 22.8 Å². The summed E-state index contributed by atoms with van der Waals surface area (Å²) >= 11 is 6.22. The van der Waals surface area contributed by atoms with Crippen molar-refractivity contribution in [3.63, 3.8) is 0 Å². The lowest BCUT2D eigenvalue weighted by Crippen LogP contribution is -2.48. The van der Waals surface area contributed by atoms with E-state index in [0.29, 0.717) is 30.1 Å². The summed E-state index contributed by atoms with van der Waals surface area (Å²) < 4.78 is 40.2. The van der Waals surface area contributed by atoms with Crippen molar-refractivity contribution in [2.75, 3.05) is 26.2 Å². The molecule has 0 bridgehead atoms. The Hall–Kier alpha value is -2.21. The zero-order valence-corrected chi connectivity index (χ0v) is 21.1. The van der Waals surface area contributed by atoms with Crippen LogP contribution < -0.4 is 5.32 Å². The second-order valence-electron chi connectivity index (χ2n) is 7.81. The molecule has 1 aromatic carbocycles. The molecule has 0 radical (unpaired) electrons. The van der Waals surface area contributed by atoms with Crippen molar-refractivity contribution in [1.82, 2.24) is 15.1 Å². The van der Waals surface area contributed by atoms with Gasteiger partial charge in [0.15, 0.2) is 0 Å². The van der Waals surface area contributed by atoms with Crippen molar-refractivity contribution in [3.8, 4) is 0 Å². The summed E-state index contributed by atoms with van der Waals surface area (Å²) in [5.74, 6) is -0.375. The maximum Gasteiger partial charge on any atom is 0.416 e. The van der Waals surface area contributed by atoms with Gasteiger partial charge in [-0.05, 0) is 39.7 Å². The molecular weight excluding hydrogens is 551 g/mol. The van der Waals surface area contributed by atoms with Crippen LogP contribution in [0.5, 0.6) is 0 Å². The molecule has 2 aromatic heterocycles. The lowest BCUT2D eigenvalue weighted by Gasteiger charge is -2.34. The molecule has 2 amide bonds. The largest absolute Gasteiger partial charge is 0.416 e. The van der Waals surface area contributed by atoms with Crippen LogP contribution in [0.2, 0.25) is 0 Å². The molecule has 1 N–H and O–H groups in total. The van der Waals surface area contributed by atoms with Gasteiger partial charge in [-0.2, -0.15) is 24.5 Å². The molecule has 3 aromatic rings. The van der Waals surface area contributed by atoms with Crippen molar-refractivity contribution in [2.24, 2.45) is 0 Å². The topological polar surface area (TPSA) is 52.7 Å². The van der Waals surface area contributed by atoms with Gasteiger partial charge >= 0.3 is 6.18 Å². The maximum atomic E-state index is 13.1. The van der Waals surface area contributed by atoms with Gasteiger partial charge in [-0.25, -0.2) is 0 Å². The smallest absolute Gasteiger partial charge is 0.347 e. The van der Waals surface area contributed by atoms with E-state index in [-0.39, 0.29) is 18.0 Å². The Balaban J connectivity index is 1.28. The van der Waals surface area contributed by atoms with E-state index in [1.807, 2.05) is 21.7 Å². The number of carbonyl (C=O) groups is 2. The minimum absolute atomic E-state index is 0.0231. The Bertz CT molecular complexity index is 1170. The van der Waals surface area contributed by atoms with Crippen LogP contribution in [0.4, 0.5) is 13.2 Å². The number of thiophene rings is 2. The molecule has 0 saturated carbocycles. The summed E-state index contributed by atoms with van der Waals surface area (Å²) in [4.78, 5) is 30.6. The fourth-order valence-corrected chi connectivity index (χ4v) is 6.14. The van der Waals surface area contributed by atoms with E-state index in [1.165, 1.54) is 40.9 Å². The van der Waals surface area contributed by atoms with Crippen LogP contribution in [0.3, 0.4) is 0 Å². The summed E-state index contributed by atoms with van der Waals surface area (Å²) in [5, 5.41) is 6.33. The van der Waals surface area contributed by atoms with Gasteiger partial charge in [-0.1, -0.05) is 18.2 Å². The van der Waals surface area contributed by atoms with Gasteiger partial charge in [0, 0.05) is 59.4 Å². The third kappa shape index (κ3) is 5.88. The highest BCUT2D eigenvalue weighted by Crippen LogP contribution is 2.32. The number of amides is 2. The fraction of sp³-hybridized carbons (Fsp3) is 0.304. The zero-order chi connectivity index (χ0) is 24.3. The first-order chi connectivity index (χ1) is 16.2. The van der Waals surface area contributed by atoms with Gasteiger partial charge in [0.05, 0.1) is 16.0 Å². The minimum Gasteiger partial charge on any atom is -0.347 e. The number of alkyl halides is 3. The fourth-order valence-electron chi connectivity index (χ4n) is 3.73. The quantitative estimate of drug-likeness (QED) is 0.426. The first-order valence-corrected chi connectivity index (χ1v) is 13.0. The Morgan fingerprint density at radius 2 is 1.76 bits per heavy atom. The Morgan fingerprint density at radius 3 is 2.44 bits per heavy atom. The van der Waals surface area contributed by atoms with Crippen molar-refractivity contribution >= 4 is 50.4 Å². The standard InChI is InChI=1S/C23H21BrF3N3O2S2/c24-19-14-33-13-17(19)22(32)30-9-7-29(8-10-30)12-16-5-6-20(34-16)21(31)28-11-15-3-1-2-4-18(15)23(25,26)27/h1-6,13-14H,7-12H2,(H,28,31). The van der Waals surface area contributed by atoms with Crippen LogP contribution in [0.15, 0.2) is 51.6 Å². The molecule has 1 fully saturated rings. The molecule has 1 saturated heterocycles. The predicted molar refractivity (Wildman–Crippen MR) is 130 cm³/mol. The van der Waals surface area contributed by atoms with Gasteiger partial charge in [-0.15, -0.1) is 11.3 Å². The van der Waals surface area contributed by atoms with E-state index in [9.17, 15) is 22.8 Å². The number of hydrogen-bond donors (Lipinski definition) is 1. The number of piperazine rings is 1. The third-order valence-electron chi connectivity index (χ3n) is 5.53. The highest BCUT2D eigenvalue weighted by atomic mass is 79.9. The number of halogens is 4. The first-order valence-electron chi connectivity index (χ1n) is 10.5. The monoisotopic (exact) mass is 571 g/mol. The normalized spacial score (nSPS) is 14.9. The van der Waals surface area contributed by atoms with Crippen molar-refractivity contribution in [3.05, 3.63) is 78.1 Å². The maximum absolute atomic E-state index is 13.1. The molecule has 5 nitrogen and oxygen atoms in total. The van der Waals surface area contributed by atoms with Crippen LogP contribution in [-0.4, -0.2) is 47.8 Å². The molecule has 3 heterocycles. The summed E-state index contributed by atoms with van der Waals surface area (Å²) in [6, 6.07) is 8.78. The first kappa shape index (κ1) is 24.9. The van der Waals surface area contributed by atoms with Gasteiger partial charge in [0.25, 0.3) is 11.8 Å². The van der Waals surface area contributed by atoms with Gasteiger partial charge < -0.3 is 10.2 Å². The molecule has 0 unspecified atom stereocenters. The predicted octanol–water partition coefficient (Wildman–Crippen LogP) is 5.48. The number of nitrogens with one attached hydrogen (secondary N) is 1. The SMILES string of the molecule is O=C(NCc1ccccc1C(F)(F)F)c1ccc(CN2CCN(C(=O)c3cscc3Br)CC2)s1. The lowest BCUT2D eigenvalue weighted by atomic mass is 10.1. The van der Waals surface area contributed by atoms with Crippen LogP contribution >= 0.6 is 38.6 Å². The molecule has 1 aliphatic heterocycles. The number of nitrogens with zero attached hydrogens (tertiary/aromatic N) is 2. The molecule has 34 heavy (non-hydrogen) atoms. The van der Waals surface area contributed by atoms with Gasteiger partial charge in [0.1, 0.15) is 0 Å². The van der Waals surface area contributed by atoms with Crippen LogP contribution in [0.1, 0.15) is 36.0 Å².